The van der Waals surface area contributed by atoms with Crippen LogP contribution in [0.25, 0.3) is 0 Å². The minimum atomic E-state index is -0.821. The summed E-state index contributed by atoms with van der Waals surface area (Å²) in [6, 6.07) is 9.69. The lowest BCUT2D eigenvalue weighted by Gasteiger charge is -2.35. The summed E-state index contributed by atoms with van der Waals surface area (Å²) < 4.78 is 0. The summed E-state index contributed by atoms with van der Waals surface area (Å²) in [5.74, 6) is -0.821. The Bertz CT molecular complexity index is 407. The van der Waals surface area contributed by atoms with E-state index in [0.717, 1.165) is 19.4 Å². The molecule has 2 N–H and O–H groups in total. The number of aliphatic hydroxyl groups is 1. The van der Waals surface area contributed by atoms with Gasteiger partial charge in [0.2, 0.25) is 0 Å². The van der Waals surface area contributed by atoms with Crippen molar-refractivity contribution in [2.75, 3.05) is 13.1 Å². The molecule has 4 heteroatoms. The van der Waals surface area contributed by atoms with Gasteiger partial charge in [0.05, 0.1) is 6.10 Å². The number of aliphatic hydroxyl groups excluding tert-OH is 1. The molecule has 104 valence electrons. The number of hydrogen-bond acceptors (Lipinski definition) is 3. The van der Waals surface area contributed by atoms with Gasteiger partial charge in [-0.15, -0.1) is 0 Å². The molecule has 2 atom stereocenters. The monoisotopic (exact) mass is 263 g/mol. The number of carboxylic acids is 1. The quantitative estimate of drug-likeness (QED) is 0.845. The van der Waals surface area contributed by atoms with Crippen molar-refractivity contribution in [1.82, 2.24) is 4.90 Å². The van der Waals surface area contributed by atoms with E-state index in [0.29, 0.717) is 19.4 Å². The molecular weight excluding hydrogens is 242 g/mol. The average molecular weight is 263 g/mol. The molecule has 1 aromatic rings. The van der Waals surface area contributed by atoms with Crippen molar-refractivity contribution in [2.45, 2.75) is 37.8 Å². The second-order valence-electron chi connectivity index (χ2n) is 5.16. The van der Waals surface area contributed by atoms with Gasteiger partial charge in [-0.25, -0.2) is 0 Å². The van der Waals surface area contributed by atoms with Crippen LogP contribution in [-0.2, 0) is 11.2 Å². The number of carboxylic acid groups (broad SMARTS) is 1. The summed E-state index contributed by atoms with van der Waals surface area (Å²) in [6.07, 6.45) is 2.47. The molecule has 1 saturated heterocycles. The van der Waals surface area contributed by atoms with Crippen molar-refractivity contribution in [3.8, 4) is 0 Å². The lowest BCUT2D eigenvalue weighted by atomic mass is 9.99. The number of aryl methyl sites for hydroxylation is 1. The predicted molar refractivity (Wildman–Crippen MR) is 73.0 cm³/mol. The number of piperidine rings is 1. The maximum absolute atomic E-state index is 11.2. The number of likely N-dealkylation sites (tertiary alicyclic amines) is 1. The first-order chi connectivity index (χ1) is 9.16. The van der Waals surface area contributed by atoms with Gasteiger partial charge >= 0.3 is 5.97 Å². The first-order valence-corrected chi connectivity index (χ1v) is 6.85. The molecule has 0 unspecified atom stereocenters. The van der Waals surface area contributed by atoms with Gasteiger partial charge in [-0.05, 0) is 37.8 Å². The Labute approximate surface area is 113 Å². The molecule has 0 amide bonds. The maximum Gasteiger partial charge on any atom is 0.321 e. The number of carbonyl (C=O) groups is 1. The van der Waals surface area contributed by atoms with Crippen molar-refractivity contribution >= 4 is 5.97 Å². The second-order valence-corrected chi connectivity index (χ2v) is 5.16. The highest BCUT2D eigenvalue weighted by atomic mass is 16.4. The van der Waals surface area contributed by atoms with Gasteiger partial charge in [0.15, 0.2) is 0 Å². The standard InChI is InChI=1S/C15H21NO3/c17-13-8-10-16(14(11-13)15(18)19)9-4-7-12-5-2-1-3-6-12/h1-3,5-6,13-14,17H,4,7-11H2,(H,18,19)/t13-,14+/m0/s1. The minimum Gasteiger partial charge on any atom is -0.480 e. The second kappa shape index (κ2) is 6.68. The summed E-state index contributed by atoms with van der Waals surface area (Å²) >= 11 is 0. The molecule has 2 rings (SSSR count). The third-order valence-electron chi connectivity index (χ3n) is 3.72. The molecule has 1 aliphatic rings. The normalized spacial score (nSPS) is 24.3. The van der Waals surface area contributed by atoms with Gasteiger partial charge in [-0.1, -0.05) is 30.3 Å². The van der Waals surface area contributed by atoms with Crippen LogP contribution in [0.4, 0.5) is 0 Å². The Morgan fingerprint density at radius 1 is 1.32 bits per heavy atom. The molecule has 1 fully saturated rings. The van der Waals surface area contributed by atoms with Gasteiger partial charge in [0, 0.05) is 6.54 Å². The fraction of sp³-hybridized carbons (Fsp3) is 0.533. The van der Waals surface area contributed by atoms with Crippen LogP contribution in [0, 0.1) is 0 Å². The summed E-state index contributed by atoms with van der Waals surface area (Å²) in [5, 5.41) is 18.7. The van der Waals surface area contributed by atoms with Gasteiger partial charge in [0.1, 0.15) is 6.04 Å². The summed E-state index contributed by atoms with van der Waals surface area (Å²) in [5.41, 5.74) is 1.28. The minimum absolute atomic E-state index is 0.348. The van der Waals surface area contributed by atoms with E-state index in [1.54, 1.807) is 0 Å². The summed E-state index contributed by atoms with van der Waals surface area (Å²) in [4.78, 5) is 13.2. The Morgan fingerprint density at radius 3 is 2.74 bits per heavy atom. The van der Waals surface area contributed by atoms with E-state index in [9.17, 15) is 15.0 Å². The molecule has 0 saturated carbocycles. The van der Waals surface area contributed by atoms with Crippen LogP contribution in [0.2, 0.25) is 0 Å². The number of benzene rings is 1. The Balaban J connectivity index is 1.82. The number of nitrogens with zero attached hydrogens (tertiary/aromatic N) is 1. The highest BCUT2D eigenvalue weighted by Gasteiger charge is 2.31. The fourth-order valence-corrected chi connectivity index (χ4v) is 2.65. The lowest BCUT2D eigenvalue weighted by molar-refractivity contribution is -0.146. The zero-order valence-corrected chi connectivity index (χ0v) is 11.0. The van der Waals surface area contributed by atoms with E-state index < -0.39 is 18.1 Å². The summed E-state index contributed by atoms with van der Waals surface area (Å²) in [7, 11) is 0. The maximum atomic E-state index is 11.2. The first-order valence-electron chi connectivity index (χ1n) is 6.85. The molecule has 4 nitrogen and oxygen atoms in total. The topological polar surface area (TPSA) is 60.8 Å². The van der Waals surface area contributed by atoms with Crippen LogP contribution in [-0.4, -0.2) is 46.3 Å². The fourth-order valence-electron chi connectivity index (χ4n) is 2.65. The van der Waals surface area contributed by atoms with Crippen LogP contribution in [0.3, 0.4) is 0 Å². The van der Waals surface area contributed by atoms with Crippen LogP contribution in [0.5, 0.6) is 0 Å². The third kappa shape index (κ3) is 4.04. The first kappa shape index (κ1) is 14.0. The van der Waals surface area contributed by atoms with Crippen LogP contribution >= 0.6 is 0 Å². The predicted octanol–water partition coefficient (Wildman–Crippen LogP) is 1.53. The largest absolute Gasteiger partial charge is 0.480 e. The molecule has 0 aliphatic carbocycles. The van der Waals surface area contributed by atoms with Gasteiger partial charge < -0.3 is 10.2 Å². The molecule has 0 aromatic heterocycles. The van der Waals surface area contributed by atoms with E-state index in [1.807, 2.05) is 23.1 Å². The highest BCUT2D eigenvalue weighted by Crippen LogP contribution is 2.18. The lowest BCUT2D eigenvalue weighted by Crippen LogP contribution is -2.48. The molecule has 0 radical (unpaired) electrons. The van der Waals surface area contributed by atoms with E-state index in [4.69, 9.17) is 0 Å². The van der Waals surface area contributed by atoms with Crippen molar-refractivity contribution in [3.63, 3.8) is 0 Å². The van der Waals surface area contributed by atoms with Crippen molar-refractivity contribution in [3.05, 3.63) is 35.9 Å². The van der Waals surface area contributed by atoms with Gasteiger partial charge in [-0.2, -0.15) is 0 Å². The van der Waals surface area contributed by atoms with E-state index >= 15 is 0 Å². The van der Waals surface area contributed by atoms with Crippen molar-refractivity contribution < 1.29 is 15.0 Å². The summed E-state index contributed by atoms with van der Waals surface area (Å²) in [6.45, 7) is 1.45. The molecule has 1 aromatic carbocycles. The molecule has 19 heavy (non-hydrogen) atoms. The van der Waals surface area contributed by atoms with Crippen LogP contribution in [0.15, 0.2) is 30.3 Å². The third-order valence-corrected chi connectivity index (χ3v) is 3.72. The molecule has 1 aliphatic heterocycles. The van der Waals surface area contributed by atoms with Gasteiger partial charge in [0.25, 0.3) is 0 Å². The van der Waals surface area contributed by atoms with Crippen LogP contribution in [0.1, 0.15) is 24.8 Å². The van der Waals surface area contributed by atoms with Crippen molar-refractivity contribution in [2.24, 2.45) is 0 Å². The number of aliphatic carboxylic acids is 1. The number of rotatable bonds is 5. The zero-order valence-electron chi connectivity index (χ0n) is 11.0. The number of hydrogen-bond donors (Lipinski definition) is 2. The van der Waals surface area contributed by atoms with Crippen LogP contribution < -0.4 is 0 Å². The zero-order chi connectivity index (χ0) is 13.7. The molecule has 1 heterocycles. The SMILES string of the molecule is O=C(O)[C@H]1C[C@@H](O)CCN1CCCc1ccccc1. The van der Waals surface area contributed by atoms with E-state index in [1.165, 1.54) is 5.56 Å². The van der Waals surface area contributed by atoms with E-state index in [2.05, 4.69) is 12.1 Å². The Morgan fingerprint density at radius 2 is 2.05 bits per heavy atom. The highest BCUT2D eigenvalue weighted by molar-refractivity contribution is 5.73. The molecule has 0 bridgehead atoms. The van der Waals surface area contributed by atoms with E-state index in [-0.39, 0.29) is 0 Å². The Kier molecular flexibility index (Phi) is 4.93. The Hall–Kier alpha value is -1.39. The van der Waals surface area contributed by atoms with Gasteiger partial charge in [-0.3, -0.25) is 9.69 Å². The average Bonchev–Trinajstić information content (AvgIpc) is 2.41. The molecule has 0 spiro atoms. The van der Waals surface area contributed by atoms with Crippen molar-refractivity contribution in [1.29, 1.82) is 0 Å². The molecular formula is C15H21NO3. The smallest absolute Gasteiger partial charge is 0.321 e.